The van der Waals surface area contributed by atoms with Gasteiger partial charge in [0.25, 0.3) is 0 Å². The van der Waals surface area contributed by atoms with Gasteiger partial charge in [-0.1, -0.05) is 20.8 Å². The lowest BCUT2D eigenvalue weighted by molar-refractivity contribution is 0.146. The van der Waals surface area contributed by atoms with Gasteiger partial charge in [0.05, 0.1) is 0 Å². The van der Waals surface area contributed by atoms with E-state index in [9.17, 15) is 0 Å². The second-order valence-electron chi connectivity index (χ2n) is 6.11. The van der Waals surface area contributed by atoms with Crippen LogP contribution in [0.1, 0.15) is 46.4 Å². The molecule has 146 valence electrons. The SMILES string of the molecule is CCOCCCN=C(NCCC(C)C)NCCn1cnnc1CC.I. The molecule has 7 nitrogen and oxygen atoms in total. The molecule has 0 saturated carbocycles. The van der Waals surface area contributed by atoms with Crippen LogP contribution in [0.25, 0.3) is 0 Å². The van der Waals surface area contributed by atoms with Crippen LogP contribution in [-0.2, 0) is 17.7 Å². The number of rotatable bonds is 12. The predicted molar refractivity (Wildman–Crippen MR) is 114 cm³/mol. The molecule has 0 aliphatic rings. The van der Waals surface area contributed by atoms with E-state index in [1.807, 2.05) is 6.92 Å². The maximum absolute atomic E-state index is 5.36. The van der Waals surface area contributed by atoms with Gasteiger partial charge < -0.3 is 19.9 Å². The Bertz CT molecular complexity index is 464. The Morgan fingerprint density at radius 2 is 2.04 bits per heavy atom. The van der Waals surface area contributed by atoms with E-state index in [-0.39, 0.29) is 24.0 Å². The average Bonchev–Trinajstić information content (AvgIpc) is 3.01. The van der Waals surface area contributed by atoms with Gasteiger partial charge in [-0.25, -0.2) is 0 Å². The summed E-state index contributed by atoms with van der Waals surface area (Å²) >= 11 is 0. The number of aliphatic imine (C=N–C) groups is 1. The first kappa shape index (κ1) is 24.1. The van der Waals surface area contributed by atoms with Gasteiger partial charge >= 0.3 is 0 Å². The van der Waals surface area contributed by atoms with Crippen molar-refractivity contribution >= 4 is 29.9 Å². The second kappa shape index (κ2) is 15.4. The Kier molecular flexibility index (Phi) is 14.8. The van der Waals surface area contributed by atoms with Gasteiger partial charge in [-0.3, -0.25) is 4.99 Å². The van der Waals surface area contributed by atoms with E-state index >= 15 is 0 Å². The molecular formula is C17H35IN6O. The Morgan fingerprint density at radius 3 is 2.72 bits per heavy atom. The molecule has 1 aromatic rings. The van der Waals surface area contributed by atoms with Crippen molar-refractivity contribution in [3.63, 3.8) is 0 Å². The number of hydrogen-bond donors (Lipinski definition) is 2. The lowest BCUT2D eigenvalue weighted by Gasteiger charge is -2.14. The largest absolute Gasteiger partial charge is 0.382 e. The Balaban J connectivity index is 0.00000576. The van der Waals surface area contributed by atoms with Gasteiger partial charge in [-0.2, -0.15) is 0 Å². The summed E-state index contributed by atoms with van der Waals surface area (Å²) in [7, 11) is 0. The molecular weight excluding hydrogens is 431 g/mol. The molecule has 0 unspecified atom stereocenters. The lowest BCUT2D eigenvalue weighted by atomic mass is 10.1. The Morgan fingerprint density at radius 1 is 1.28 bits per heavy atom. The number of nitrogens with zero attached hydrogens (tertiary/aromatic N) is 4. The van der Waals surface area contributed by atoms with E-state index in [2.05, 4.69) is 51.2 Å². The van der Waals surface area contributed by atoms with Crippen molar-refractivity contribution in [1.82, 2.24) is 25.4 Å². The summed E-state index contributed by atoms with van der Waals surface area (Å²) in [5.74, 6) is 2.57. The van der Waals surface area contributed by atoms with Crippen molar-refractivity contribution in [3.8, 4) is 0 Å². The van der Waals surface area contributed by atoms with Crippen molar-refractivity contribution in [1.29, 1.82) is 0 Å². The number of halogens is 1. The van der Waals surface area contributed by atoms with Crippen LogP contribution in [0, 0.1) is 5.92 Å². The molecule has 25 heavy (non-hydrogen) atoms. The highest BCUT2D eigenvalue weighted by molar-refractivity contribution is 14.0. The Labute approximate surface area is 169 Å². The molecule has 0 aliphatic heterocycles. The molecule has 8 heteroatoms. The zero-order valence-electron chi connectivity index (χ0n) is 16.1. The fourth-order valence-electron chi connectivity index (χ4n) is 2.19. The highest BCUT2D eigenvalue weighted by atomic mass is 127. The quantitative estimate of drug-likeness (QED) is 0.214. The number of aromatic nitrogens is 3. The van der Waals surface area contributed by atoms with E-state index in [1.54, 1.807) is 6.33 Å². The summed E-state index contributed by atoms with van der Waals surface area (Å²) in [4.78, 5) is 4.63. The molecule has 1 rings (SSSR count). The minimum Gasteiger partial charge on any atom is -0.382 e. The maximum atomic E-state index is 5.36. The van der Waals surface area contributed by atoms with Crippen LogP contribution < -0.4 is 10.6 Å². The van der Waals surface area contributed by atoms with Crippen LogP contribution in [0.3, 0.4) is 0 Å². The molecule has 0 atom stereocenters. The van der Waals surface area contributed by atoms with Gasteiger partial charge in [0.15, 0.2) is 5.96 Å². The minimum atomic E-state index is 0. The van der Waals surface area contributed by atoms with Crippen LogP contribution in [0.2, 0.25) is 0 Å². The van der Waals surface area contributed by atoms with Crippen molar-refractivity contribution in [2.45, 2.75) is 53.5 Å². The zero-order valence-corrected chi connectivity index (χ0v) is 18.5. The van der Waals surface area contributed by atoms with E-state index in [0.29, 0.717) is 5.92 Å². The predicted octanol–water partition coefficient (Wildman–Crippen LogP) is 2.47. The van der Waals surface area contributed by atoms with Gasteiger partial charge in [0.1, 0.15) is 12.2 Å². The maximum Gasteiger partial charge on any atom is 0.191 e. The number of ether oxygens (including phenoxy) is 1. The highest BCUT2D eigenvalue weighted by Gasteiger charge is 2.03. The number of nitrogens with one attached hydrogen (secondary N) is 2. The molecule has 1 aromatic heterocycles. The summed E-state index contributed by atoms with van der Waals surface area (Å²) in [6, 6.07) is 0. The van der Waals surface area contributed by atoms with Crippen molar-refractivity contribution in [3.05, 3.63) is 12.2 Å². The van der Waals surface area contributed by atoms with Gasteiger partial charge in [0, 0.05) is 45.8 Å². The topological polar surface area (TPSA) is 76.4 Å². The molecule has 1 heterocycles. The van der Waals surface area contributed by atoms with Gasteiger partial charge in [0.2, 0.25) is 0 Å². The first-order valence-electron chi connectivity index (χ1n) is 9.13. The summed E-state index contributed by atoms with van der Waals surface area (Å²) in [5.41, 5.74) is 0. The van der Waals surface area contributed by atoms with Gasteiger partial charge in [-0.15, -0.1) is 34.2 Å². The molecule has 0 amide bonds. The van der Waals surface area contributed by atoms with Crippen molar-refractivity contribution in [2.24, 2.45) is 10.9 Å². The number of aryl methyl sites for hydroxylation is 1. The normalized spacial score (nSPS) is 11.5. The van der Waals surface area contributed by atoms with Crippen molar-refractivity contribution < 1.29 is 4.74 Å². The smallest absolute Gasteiger partial charge is 0.191 e. The summed E-state index contributed by atoms with van der Waals surface area (Å²) < 4.78 is 7.43. The summed E-state index contributed by atoms with van der Waals surface area (Å²) in [6.07, 6.45) is 4.75. The molecule has 2 N–H and O–H groups in total. The first-order chi connectivity index (χ1) is 11.7. The third kappa shape index (κ3) is 11.4. The lowest BCUT2D eigenvalue weighted by Crippen LogP contribution is -2.40. The third-order valence-electron chi connectivity index (χ3n) is 3.59. The average molecular weight is 466 g/mol. The molecule has 0 spiro atoms. The third-order valence-corrected chi connectivity index (χ3v) is 3.59. The van der Waals surface area contributed by atoms with Crippen LogP contribution in [-0.4, -0.2) is 53.6 Å². The summed E-state index contributed by atoms with van der Waals surface area (Å²) in [6.45, 7) is 13.4. The fraction of sp³-hybridized carbons (Fsp3) is 0.824. The Hall–Kier alpha value is -0.900. The van der Waals surface area contributed by atoms with E-state index in [1.165, 1.54) is 0 Å². The standard InChI is InChI=1S/C17H34N6O.HI/c1-5-16-22-21-14-23(16)12-11-20-17(19-10-8-15(3)4)18-9-7-13-24-6-2;/h14-15H,5-13H2,1-4H3,(H2,18,19,20);1H. The van der Waals surface area contributed by atoms with E-state index < -0.39 is 0 Å². The highest BCUT2D eigenvalue weighted by Crippen LogP contribution is 1.97. The van der Waals surface area contributed by atoms with E-state index in [0.717, 1.165) is 70.4 Å². The monoisotopic (exact) mass is 466 g/mol. The fourth-order valence-corrected chi connectivity index (χ4v) is 2.19. The van der Waals surface area contributed by atoms with Crippen molar-refractivity contribution in [2.75, 3.05) is 32.8 Å². The van der Waals surface area contributed by atoms with Crippen LogP contribution in [0.15, 0.2) is 11.3 Å². The molecule has 0 radical (unpaired) electrons. The minimum absolute atomic E-state index is 0. The first-order valence-corrected chi connectivity index (χ1v) is 9.13. The number of guanidine groups is 1. The zero-order chi connectivity index (χ0) is 17.6. The van der Waals surface area contributed by atoms with Crippen LogP contribution in [0.5, 0.6) is 0 Å². The molecule has 0 bridgehead atoms. The molecule has 0 aromatic carbocycles. The number of hydrogen-bond acceptors (Lipinski definition) is 4. The van der Waals surface area contributed by atoms with E-state index in [4.69, 9.17) is 4.74 Å². The molecule has 0 aliphatic carbocycles. The van der Waals surface area contributed by atoms with Gasteiger partial charge in [-0.05, 0) is 25.7 Å². The van der Waals surface area contributed by atoms with Crippen LogP contribution >= 0.6 is 24.0 Å². The second-order valence-corrected chi connectivity index (χ2v) is 6.11. The summed E-state index contributed by atoms with van der Waals surface area (Å²) in [5, 5.41) is 14.9. The molecule has 0 saturated heterocycles. The molecule has 0 fully saturated rings. The van der Waals surface area contributed by atoms with Crippen LogP contribution in [0.4, 0.5) is 0 Å².